The molecular formula is C18H26N2O3. The van der Waals surface area contributed by atoms with Gasteiger partial charge < -0.3 is 19.7 Å². The summed E-state index contributed by atoms with van der Waals surface area (Å²) < 4.78 is 11.0. The smallest absolute Gasteiger partial charge is 0.251 e. The summed E-state index contributed by atoms with van der Waals surface area (Å²) in [6.45, 7) is 3.91. The number of carbonyl (C=O) groups excluding carboxylic acids is 1. The molecule has 2 bridgehead atoms. The predicted molar refractivity (Wildman–Crippen MR) is 88.4 cm³/mol. The second-order valence-corrected chi connectivity index (χ2v) is 6.52. The highest BCUT2D eigenvalue weighted by atomic mass is 16.5. The zero-order valence-electron chi connectivity index (χ0n) is 14.0. The first-order valence-electron chi connectivity index (χ1n) is 8.45. The minimum absolute atomic E-state index is 0.0993. The summed E-state index contributed by atoms with van der Waals surface area (Å²) in [5.41, 5.74) is 1.01. The van der Waals surface area contributed by atoms with Crippen LogP contribution in [0.1, 0.15) is 31.7 Å². The zero-order chi connectivity index (χ0) is 16.2. The molecule has 3 rings (SSSR count). The van der Waals surface area contributed by atoms with Gasteiger partial charge in [-0.15, -0.1) is 0 Å². The van der Waals surface area contributed by atoms with Crippen molar-refractivity contribution in [3.8, 4) is 5.75 Å². The van der Waals surface area contributed by atoms with Crippen LogP contribution in [0.2, 0.25) is 0 Å². The molecule has 2 aliphatic rings. The first-order chi connectivity index (χ1) is 11.2. The Bertz CT molecular complexity index is 549. The summed E-state index contributed by atoms with van der Waals surface area (Å²) in [6.07, 6.45) is 3.05. The number of hydrogen-bond donors (Lipinski definition) is 1. The molecule has 5 heteroatoms. The van der Waals surface area contributed by atoms with Crippen LogP contribution in [-0.2, 0) is 16.1 Å². The van der Waals surface area contributed by atoms with E-state index in [-0.39, 0.29) is 5.91 Å². The van der Waals surface area contributed by atoms with Crippen LogP contribution in [-0.4, -0.2) is 49.2 Å². The Balaban J connectivity index is 1.52. The van der Waals surface area contributed by atoms with Gasteiger partial charge in [-0.3, -0.25) is 4.79 Å². The van der Waals surface area contributed by atoms with Crippen LogP contribution in [0.4, 0.5) is 0 Å². The normalized spacial score (nSPS) is 25.0. The number of nitrogens with zero attached hydrogens (tertiary/aromatic N) is 1. The van der Waals surface area contributed by atoms with Crippen molar-refractivity contribution in [3.63, 3.8) is 0 Å². The molecule has 1 aromatic rings. The van der Waals surface area contributed by atoms with Gasteiger partial charge in [0.15, 0.2) is 0 Å². The molecule has 0 radical (unpaired) electrons. The van der Waals surface area contributed by atoms with Crippen molar-refractivity contribution in [2.75, 3.05) is 20.2 Å². The lowest BCUT2D eigenvalue weighted by Crippen LogP contribution is -2.43. The number of nitrogens with one attached hydrogen (secondary N) is 1. The van der Waals surface area contributed by atoms with Gasteiger partial charge in [0.05, 0.1) is 13.7 Å². The minimum Gasteiger partial charge on any atom is -0.497 e. The van der Waals surface area contributed by atoms with E-state index in [0.717, 1.165) is 30.8 Å². The molecule has 1 aromatic carbocycles. The fraction of sp³-hybridized carbons (Fsp3) is 0.611. The molecule has 23 heavy (non-hydrogen) atoms. The molecule has 2 saturated heterocycles. The van der Waals surface area contributed by atoms with Crippen molar-refractivity contribution in [1.29, 1.82) is 0 Å². The fourth-order valence-corrected chi connectivity index (χ4v) is 3.46. The van der Waals surface area contributed by atoms with Gasteiger partial charge in [0.25, 0.3) is 5.91 Å². The van der Waals surface area contributed by atoms with Crippen molar-refractivity contribution < 1.29 is 14.3 Å². The zero-order valence-corrected chi connectivity index (χ0v) is 14.0. The Morgan fingerprint density at radius 1 is 1.35 bits per heavy atom. The Morgan fingerprint density at radius 3 is 3.00 bits per heavy atom. The number of fused-ring (bicyclic) bond motifs is 2. The predicted octanol–water partition coefficient (Wildman–Crippen LogP) is 1.95. The van der Waals surface area contributed by atoms with Crippen molar-refractivity contribution in [1.82, 2.24) is 10.2 Å². The molecule has 126 valence electrons. The Kier molecular flexibility index (Phi) is 5.18. The Labute approximate surface area is 137 Å². The van der Waals surface area contributed by atoms with Crippen LogP contribution in [0.15, 0.2) is 24.3 Å². The molecule has 2 heterocycles. The summed E-state index contributed by atoms with van der Waals surface area (Å²) in [5.74, 6) is 0.905. The van der Waals surface area contributed by atoms with Crippen LogP contribution in [0, 0.1) is 0 Å². The lowest BCUT2D eigenvalue weighted by molar-refractivity contribution is -0.143. The quantitative estimate of drug-likeness (QED) is 0.901. The van der Waals surface area contributed by atoms with E-state index in [2.05, 4.69) is 5.32 Å². The summed E-state index contributed by atoms with van der Waals surface area (Å²) in [5, 5.41) is 3.60. The van der Waals surface area contributed by atoms with E-state index in [0.29, 0.717) is 18.7 Å². The van der Waals surface area contributed by atoms with Gasteiger partial charge >= 0.3 is 0 Å². The molecule has 1 amide bonds. The third kappa shape index (κ3) is 4.03. The van der Waals surface area contributed by atoms with Crippen LogP contribution in [0.5, 0.6) is 5.75 Å². The number of benzene rings is 1. The van der Waals surface area contributed by atoms with E-state index in [4.69, 9.17) is 9.47 Å². The van der Waals surface area contributed by atoms with E-state index in [1.165, 1.54) is 12.8 Å². The standard InChI is InChI=1S/C18H26N2O3/c1-13(23-12-14-4-3-5-17(10-14)22-2)18(21)20-9-8-15-6-7-16(11-20)19-15/h3-5,10,13,15-16,19H,6-9,11-12H2,1-2H3. The van der Waals surface area contributed by atoms with Crippen LogP contribution < -0.4 is 10.1 Å². The van der Waals surface area contributed by atoms with Crippen LogP contribution in [0.25, 0.3) is 0 Å². The fourth-order valence-electron chi connectivity index (χ4n) is 3.46. The maximum absolute atomic E-state index is 12.6. The maximum atomic E-state index is 12.6. The third-order valence-corrected chi connectivity index (χ3v) is 4.82. The van der Waals surface area contributed by atoms with E-state index in [1.807, 2.05) is 36.1 Å². The molecule has 1 N–H and O–H groups in total. The maximum Gasteiger partial charge on any atom is 0.251 e. The lowest BCUT2D eigenvalue weighted by Gasteiger charge is -2.27. The molecule has 5 nitrogen and oxygen atoms in total. The van der Waals surface area contributed by atoms with Gasteiger partial charge in [-0.2, -0.15) is 0 Å². The monoisotopic (exact) mass is 318 g/mol. The highest BCUT2D eigenvalue weighted by Gasteiger charge is 2.32. The number of hydrogen-bond acceptors (Lipinski definition) is 4. The summed E-state index contributed by atoms with van der Waals surface area (Å²) in [4.78, 5) is 14.6. The summed E-state index contributed by atoms with van der Waals surface area (Å²) >= 11 is 0. The second-order valence-electron chi connectivity index (χ2n) is 6.52. The number of amides is 1. The summed E-state index contributed by atoms with van der Waals surface area (Å²) in [7, 11) is 1.65. The lowest BCUT2D eigenvalue weighted by atomic mass is 10.1. The van der Waals surface area contributed by atoms with Crippen LogP contribution >= 0.6 is 0 Å². The number of methoxy groups -OCH3 is 1. The van der Waals surface area contributed by atoms with Crippen LogP contribution in [0.3, 0.4) is 0 Å². The average Bonchev–Trinajstić information content (AvgIpc) is 2.91. The van der Waals surface area contributed by atoms with E-state index in [1.54, 1.807) is 7.11 Å². The topological polar surface area (TPSA) is 50.8 Å². The molecule has 3 unspecified atom stereocenters. The number of likely N-dealkylation sites (tertiary alicyclic amines) is 1. The molecule has 3 atom stereocenters. The molecule has 0 saturated carbocycles. The van der Waals surface area contributed by atoms with Crippen molar-refractivity contribution in [2.45, 2.75) is 51.0 Å². The minimum atomic E-state index is -0.419. The van der Waals surface area contributed by atoms with Gasteiger partial charge in [-0.25, -0.2) is 0 Å². The summed E-state index contributed by atoms with van der Waals surface area (Å²) in [6, 6.07) is 8.79. The number of carbonyl (C=O) groups is 1. The van der Waals surface area contributed by atoms with Gasteiger partial charge in [0.1, 0.15) is 11.9 Å². The van der Waals surface area contributed by atoms with Gasteiger partial charge in [-0.05, 0) is 43.9 Å². The van der Waals surface area contributed by atoms with Crippen molar-refractivity contribution in [2.24, 2.45) is 0 Å². The van der Waals surface area contributed by atoms with Gasteiger partial charge in [-0.1, -0.05) is 12.1 Å². The molecular weight excluding hydrogens is 292 g/mol. The average molecular weight is 318 g/mol. The number of ether oxygens (including phenoxy) is 2. The number of rotatable bonds is 5. The third-order valence-electron chi connectivity index (χ3n) is 4.82. The SMILES string of the molecule is COc1cccc(COC(C)C(=O)N2CCC3CCC(C2)N3)c1. The van der Waals surface area contributed by atoms with E-state index < -0.39 is 6.10 Å². The second kappa shape index (κ2) is 7.32. The first kappa shape index (κ1) is 16.3. The first-order valence-corrected chi connectivity index (χ1v) is 8.45. The van der Waals surface area contributed by atoms with E-state index >= 15 is 0 Å². The molecule has 0 spiro atoms. The molecule has 0 aromatic heterocycles. The van der Waals surface area contributed by atoms with Gasteiger partial charge in [0, 0.05) is 25.2 Å². The van der Waals surface area contributed by atoms with Gasteiger partial charge in [0.2, 0.25) is 0 Å². The largest absolute Gasteiger partial charge is 0.497 e. The van der Waals surface area contributed by atoms with E-state index in [9.17, 15) is 4.79 Å². The molecule has 2 fully saturated rings. The Hall–Kier alpha value is -1.59. The van der Waals surface area contributed by atoms with Crippen molar-refractivity contribution in [3.05, 3.63) is 29.8 Å². The molecule has 0 aliphatic carbocycles. The molecule has 2 aliphatic heterocycles. The van der Waals surface area contributed by atoms with Crippen molar-refractivity contribution >= 4 is 5.91 Å². The highest BCUT2D eigenvalue weighted by Crippen LogP contribution is 2.21. The highest BCUT2D eigenvalue weighted by molar-refractivity contribution is 5.80. The Morgan fingerprint density at radius 2 is 2.17 bits per heavy atom.